The summed E-state index contributed by atoms with van der Waals surface area (Å²) in [6, 6.07) is 1.46. The van der Waals surface area contributed by atoms with Crippen molar-refractivity contribution in [2.75, 3.05) is 0 Å². The van der Waals surface area contributed by atoms with E-state index in [-0.39, 0.29) is 35.6 Å². The maximum atomic E-state index is 8.41. The van der Waals surface area contributed by atoms with Crippen LogP contribution in [-0.4, -0.2) is 44.6 Å². The van der Waals surface area contributed by atoms with Crippen molar-refractivity contribution in [3.8, 4) is 6.01 Å². The van der Waals surface area contributed by atoms with Gasteiger partial charge in [-0.05, 0) is 6.07 Å². The molecule has 1 aromatic rings. The van der Waals surface area contributed by atoms with Crippen LogP contribution >= 0.6 is 0 Å². The fourth-order valence-corrected chi connectivity index (χ4v) is 0.291. The van der Waals surface area contributed by atoms with E-state index in [2.05, 4.69) is 9.97 Å². The molecule has 0 aliphatic rings. The van der Waals surface area contributed by atoms with E-state index in [0.29, 0.717) is 0 Å². The maximum absolute atomic E-state index is 8.41. The average Bonchev–Trinajstić information content (AvgIpc) is 1.69. The van der Waals surface area contributed by atoms with Crippen molar-refractivity contribution in [1.29, 1.82) is 0 Å². The van der Waals surface area contributed by atoms with Gasteiger partial charge in [-0.25, -0.2) is 9.97 Å². The van der Waals surface area contributed by atoms with Crippen LogP contribution < -0.4 is 0 Å². The molecule has 37 valence electrons. The summed E-state index contributed by atoms with van der Waals surface area (Å²) in [5, 5.41) is 8.41. The zero-order chi connectivity index (χ0) is 5.11. The number of hydrogen-bond acceptors (Lipinski definition) is 3. The van der Waals surface area contributed by atoms with Crippen molar-refractivity contribution in [3.63, 3.8) is 0 Å². The first-order chi connectivity index (χ1) is 3.39. The van der Waals surface area contributed by atoms with Gasteiger partial charge in [0.15, 0.2) is 0 Å². The van der Waals surface area contributed by atoms with Gasteiger partial charge in [-0.2, -0.15) is 0 Å². The number of aromatic hydroxyl groups is 1. The molecule has 0 aliphatic heterocycles. The molecule has 1 heterocycles. The van der Waals surface area contributed by atoms with Crippen LogP contribution in [0.1, 0.15) is 0 Å². The minimum atomic E-state index is -0.178. The van der Waals surface area contributed by atoms with Crippen LogP contribution in [0.15, 0.2) is 18.5 Å². The largest absolute Gasteiger partial charge is 0.479 e. The van der Waals surface area contributed by atoms with Crippen molar-refractivity contribution in [3.05, 3.63) is 18.5 Å². The van der Waals surface area contributed by atoms with Crippen molar-refractivity contribution in [2.24, 2.45) is 0 Å². The Kier molecular flexibility index (Phi) is 3.77. The quantitative estimate of drug-likeness (QED) is 0.481. The molecule has 3 nitrogen and oxygen atoms in total. The Morgan fingerprint density at radius 1 is 1.25 bits per heavy atom. The topological polar surface area (TPSA) is 46.0 Å². The molecule has 0 amide bonds. The number of hydrogen-bond donors (Lipinski definition) is 1. The van der Waals surface area contributed by atoms with Crippen LogP contribution in [0.3, 0.4) is 0 Å². The van der Waals surface area contributed by atoms with Gasteiger partial charge in [0.2, 0.25) is 0 Å². The fraction of sp³-hybridized carbons (Fsp3) is 0. The van der Waals surface area contributed by atoms with E-state index in [0.717, 1.165) is 0 Å². The second-order valence-electron chi connectivity index (χ2n) is 1.05. The molecule has 0 saturated carbocycles. The standard InChI is InChI=1S/C4H4N2O.Na/c7-4-5-2-1-3-6-4;/h1-3H,(H,5,6,7);. The third-order valence-corrected chi connectivity index (χ3v) is 0.552. The summed E-state index contributed by atoms with van der Waals surface area (Å²) in [6.07, 6.45) is 2.95. The molecule has 0 bridgehead atoms. The van der Waals surface area contributed by atoms with E-state index in [4.69, 9.17) is 5.11 Å². The first kappa shape index (κ1) is 7.88. The number of aromatic nitrogens is 2. The molecule has 0 atom stereocenters. The van der Waals surface area contributed by atoms with Crippen molar-refractivity contribution < 1.29 is 5.11 Å². The van der Waals surface area contributed by atoms with Gasteiger partial charge >= 0.3 is 6.01 Å². The zero-order valence-corrected chi connectivity index (χ0v) is 6.57. The van der Waals surface area contributed by atoms with Crippen molar-refractivity contribution in [1.82, 2.24) is 9.97 Å². The van der Waals surface area contributed by atoms with Gasteiger partial charge in [-0.1, -0.05) is 0 Å². The smallest absolute Gasteiger partial charge is 0.313 e. The molecule has 0 saturated heterocycles. The molecule has 1 rings (SSSR count). The minimum absolute atomic E-state index is 0. The Balaban J connectivity index is 0.000000490. The second kappa shape index (κ2) is 3.83. The van der Waals surface area contributed by atoms with Gasteiger partial charge in [-0.15, -0.1) is 0 Å². The van der Waals surface area contributed by atoms with Crippen LogP contribution in [0, 0.1) is 0 Å². The van der Waals surface area contributed by atoms with Gasteiger partial charge in [-0.3, -0.25) is 0 Å². The summed E-state index contributed by atoms with van der Waals surface area (Å²) in [5.41, 5.74) is 0. The van der Waals surface area contributed by atoms with Crippen molar-refractivity contribution >= 4 is 29.6 Å². The van der Waals surface area contributed by atoms with Crippen LogP contribution in [0.25, 0.3) is 0 Å². The Labute approximate surface area is 69.1 Å². The molecular weight excluding hydrogens is 115 g/mol. The summed E-state index contributed by atoms with van der Waals surface area (Å²) < 4.78 is 0. The predicted octanol–water partition coefficient (Wildman–Crippen LogP) is -0.199. The summed E-state index contributed by atoms with van der Waals surface area (Å²) >= 11 is 0. The Hall–Kier alpha value is -0.120. The molecule has 1 N–H and O–H groups in total. The Morgan fingerprint density at radius 2 is 1.75 bits per heavy atom. The first-order valence-electron chi connectivity index (χ1n) is 1.85. The van der Waals surface area contributed by atoms with Crippen LogP contribution in [0.4, 0.5) is 0 Å². The Morgan fingerprint density at radius 3 is 2.00 bits per heavy atom. The van der Waals surface area contributed by atoms with Gasteiger partial charge in [0.25, 0.3) is 0 Å². The molecule has 0 aliphatic carbocycles. The number of nitrogens with zero attached hydrogens (tertiary/aromatic N) is 2. The monoisotopic (exact) mass is 119 g/mol. The molecule has 0 aromatic carbocycles. The van der Waals surface area contributed by atoms with Crippen molar-refractivity contribution in [2.45, 2.75) is 0 Å². The fourth-order valence-electron chi connectivity index (χ4n) is 0.291. The molecule has 0 fully saturated rings. The van der Waals surface area contributed by atoms with E-state index in [9.17, 15) is 0 Å². The molecule has 0 unspecified atom stereocenters. The van der Waals surface area contributed by atoms with Crippen LogP contribution in [0.2, 0.25) is 0 Å². The minimum Gasteiger partial charge on any atom is -0.479 e. The van der Waals surface area contributed by atoms with E-state index >= 15 is 0 Å². The summed E-state index contributed by atoms with van der Waals surface area (Å²) in [7, 11) is 0. The normalized spacial score (nSPS) is 7.50. The molecular formula is C4H4N2NaO. The van der Waals surface area contributed by atoms with Gasteiger partial charge in [0.1, 0.15) is 0 Å². The molecule has 8 heavy (non-hydrogen) atoms. The van der Waals surface area contributed by atoms with E-state index < -0.39 is 0 Å². The molecule has 0 spiro atoms. The third-order valence-electron chi connectivity index (χ3n) is 0.552. The van der Waals surface area contributed by atoms with E-state index in [1.165, 1.54) is 12.4 Å². The van der Waals surface area contributed by atoms with E-state index in [1.807, 2.05) is 0 Å². The zero-order valence-electron chi connectivity index (χ0n) is 4.57. The van der Waals surface area contributed by atoms with Gasteiger partial charge in [0, 0.05) is 42.0 Å². The summed E-state index contributed by atoms with van der Waals surface area (Å²) in [5.74, 6) is 0. The van der Waals surface area contributed by atoms with Gasteiger partial charge < -0.3 is 5.11 Å². The molecule has 1 aromatic heterocycles. The summed E-state index contributed by atoms with van der Waals surface area (Å²) in [4.78, 5) is 6.85. The first-order valence-corrected chi connectivity index (χ1v) is 1.85. The third kappa shape index (κ3) is 2.26. The average molecular weight is 119 g/mol. The second-order valence-corrected chi connectivity index (χ2v) is 1.05. The SMILES string of the molecule is Oc1ncccn1.[Na]. The maximum Gasteiger partial charge on any atom is 0.313 e. The summed E-state index contributed by atoms with van der Waals surface area (Å²) in [6.45, 7) is 0. The molecule has 4 heteroatoms. The van der Waals surface area contributed by atoms with E-state index in [1.54, 1.807) is 6.07 Å². The Bertz CT molecular complexity index is 144. The predicted molar refractivity (Wildman–Crippen MR) is 29.5 cm³/mol. The number of rotatable bonds is 0. The molecule has 1 radical (unpaired) electrons. The van der Waals surface area contributed by atoms with Crippen LogP contribution in [0.5, 0.6) is 6.01 Å². The van der Waals surface area contributed by atoms with Gasteiger partial charge in [0.05, 0.1) is 0 Å². The van der Waals surface area contributed by atoms with Crippen LogP contribution in [-0.2, 0) is 0 Å².